The maximum Gasteiger partial charge on any atom is 0.256 e. The fourth-order valence-electron chi connectivity index (χ4n) is 3.46. The first-order chi connectivity index (χ1) is 11.2. The molecule has 2 saturated carbocycles. The summed E-state index contributed by atoms with van der Waals surface area (Å²) in [7, 11) is 0. The second kappa shape index (κ2) is 5.83. The van der Waals surface area contributed by atoms with E-state index in [1.807, 2.05) is 0 Å². The zero-order valence-electron chi connectivity index (χ0n) is 13.4. The van der Waals surface area contributed by atoms with Gasteiger partial charge in [-0.05, 0) is 38.7 Å². The Morgan fingerprint density at radius 3 is 2.78 bits per heavy atom. The number of carbonyl (C=O) groups is 1. The molecule has 2 aliphatic rings. The summed E-state index contributed by atoms with van der Waals surface area (Å²) in [6.45, 7) is 2.19. The van der Waals surface area contributed by atoms with Crippen molar-refractivity contribution in [2.45, 2.75) is 64.0 Å². The molecule has 0 atom stereocenters. The summed E-state index contributed by atoms with van der Waals surface area (Å²) >= 11 is 0. The van der Waals surface area contributed by atoms with Gasteiger partial charge in [-0.1, -0.05) is 18.0 Å². The maximum absolute atomic E-state index is 12.1. The van der Waals surface area contributed by atoms with Gasteiger partial charge in [0.25, 0.3) is 5.91 Å². The van der Waals surface area contributed by atoms with Gasteiger partial charge in [-0.3, -0.25) is 9.48 Å². The van der Waals surface area contributed by atoms with Crippen LogP contribution in [0.2, 0.25) is 0 Å². The van der Waals surface area contributed by atoms with Crippen LogP contribution in [0.3, 0.4) is 0 Å². The van der Waals surface area contributed by atoms with E-state index in [9.17, 15) is 4.79 Å². The second-order valence-electron chi connectivity index (χ2n) is 6.70. The minimum Gasteiger partial charge on any atom is -0.361 e. The summed E-state index contributed by atoms with van der Waals surface area (Å²) in [5, 5.41) is 11.4. The van der Waals surface area contributed by atoms with Crippen molar-refractivity contribution < 1.29 is 9.32 Å². The zero-order chi connectivity index (χ0) is 15.8. The molecule has 1 amide bonds. The quantitative estimate of drug-likeness (QED) is 0.920. The Labute approximate surface area is 135 Å². The molecule has 23 heavy (non-hydrogen) atoms. The van der Waals surface area contributed by atoms with Gasteiger partial charge in [0.1, 0.15) is 11.3 Å². The monoisotopic (exact) mass is 314 g/mol. The molecule has 0 aliphatic heterocycles. The molecule has 0 aromatic carbocycles. The van der Waals surface area contributed by atoms with Crippen LogP contribution in [-0.4, -0.2) is 20.8 Å². The van der Waals surface area contributed by atoms with Crippen molar-refractivity contribution in [1.82, 2.24) is 20.3 Å². The largest absolute Gasteiger partial charge is 0.361 e. The van der Waals surface area contributed by atoms with Gasteiger partial charge in [0.05, 0.1) is 24.5 Å². The van der Waals surface area contributed by atoms with Crippen LogP contribution in [0.25, 0.3) is 0 Å². The molecular formula is C17H22N4O2. The van der Waals surface area contributed by atoms with Crippen LogP contribution in [0.5, 0.6) is 0 Å². The van der Waals surface area contributed by atoms with E-state index >= 15 is 0 Å². The van der Waals surface area contributed by atoms with E-state index in [1.54, 1.807) is 6.92 Å². The minimum atomic E-state index is -0.160. The Balaban J connectivity index is 1.47. The first-order valence-corrected chi connectivity index (χ1v) is 8.50. The van der Waals surface area contributed by atoms with Gasteiger partial charge in [-0.25, -0.2) is 0 Å². The van der Waals surface area contributed by atoms with Gasteiger partial charge >= 0.3 is 0 Å². The van der Waals surface area contributed by atoms with Crippen molar-refractivity contribution in [3.63, 3.8) is 0 Å². The van der Waals surface area contributed by atoms with Gasteiger partial charge in [-0.15, -0.1) is 0 Å². The Hall–Kier alpha value is -2.11. The summed E-state index contributed by atoms with van der Waals surface area (Å²) in [6, 6.07) is 2.73. The Kier molecular flexibility index (Phi) is 3.67. The number of amides is 1. The molecule has 1 N–H and O–H groups in total. The fourth-order valence-corrected chi connectivity index (χ4v) is 3.46. The molecule has 2 aliphatic carbocycles. The van der Waals surface area contributed by atoms with Crippen LogP contribution in [0.1, 0.15) is 78.0 Å². The van der Waals surface area contributed by atoms with Crippen molar-refractivity contribution in [3.8, 4) is 0 Å². The summed E-state index contributed by atoms with van der Waals surface area (Å²) in [6.07, 6.45) is 9.05. The Morgan fingerprint density at radius 2 is 2.13 bits per heavy atom. The molecule has 2 heterocycles. The van der Waals surface area contributed by atoms with E-state index in [4.69, 9.17) is 9.62 Å². The molecule has 2 fully saturated rings. The summed E-state index contributed by atoms with van der Waals surface area (Å²) < 4.78 is 7.18. The van der Waals surface area contributed by atoms with Gasteiger partial charge < -0.3 is 9.84 Å². The number of aryl methyl sites for hydroxylation is 1. The molecule has 6 nitrogen and oxygen atoms in total. The number of hydrogen-bond donors (Lipinski definition) is 1. The van der Waals surface area contributed by atoms with E-state index < -0.39 is 0 Å². The molecule has 0 spiro atoms. The number of carbonyl (C=O) groups excluding carboxylic acids is 1. The van der Waals surface area contributed by atoms with E-state index in [0.717, 1.165) is 5.69 Å². The first kappa shape index (κ1) is 14.5. The van der Waals surface area contributed by atoms with Gasteiger partial charge in [0, 0.05) is 11.6 Å². The molecular weight excluding hydrogens is 292 g/mol. The SMILES string of the molecule is Cc1oncc1C(=O)NCc1cc(C2CC2)n(C2CCCC2)n1. The average molecular weight is 314 g/mol. The summed E-state index contributed by atoms with van der Waals surface area (Å²) in [5.74, 6) is 1.05. The molecule has 0 radical (unpaired) electrons. The summed E-state index contributed by atoms with van der Waals surface area (Å²) in [5.41, 5.74) is 2.80. The van der Waals surface area contributed by atoms with Crippen LogP contribution in [0, 0.1) is 6.92 Å². The number of hydrogen-bond acceptors (Lipinski definition) is 4. The molecule has 2 aromatic rings. The van der Waals surface area contributed by atoms with Crippen LogP contribution in [0.15, 0.2) is 16.8 Å². The van der Waals surface area contributed by atoms with Crippen LogP contribution >= 0.6 is 0 Å². The van der Waals surface area contributed by atoms with Crippen LogP contribution < -0.4 is 5.32 Å². The number of aromatic nitrogens is 3. The molecule has 4 rings (SSSR count). The van der Waals surface area contributed by atoms with Crippen LogP contribution in [0.4, 0.5) is 0 Å². The van der Waals surface area contributed by atoms with Crippen molar-refractivity contribution in [2.75, 3.05) is 0 Å². The lowest BCUT2D eigenvalue weighted by atomic mass is 10.2. The second-order valence-corrected chi connectivity index (χ2v) is 6.70. The highest BCUT2D eigenvalue weighted by molar-refractivity contribution is 5.94. The highest BCUT2D eigenvalue weighted by Crippen LogP contribution is 2.43. The lowest BCUT2D eigenvalue weighted by Crippen LogP contribution is -2.23. The van der Waals surface area contributed by atoms with E-state index in [1.165, 1.54) is 50.4 Å². The Morgan fingerprint density at radius 1 is 1.35 bits per heavy atom. The molecule has 6 heteroatoms. The summed E-state index contributed by atoms with van der Waals surface area (Å²) in [4.78, 5) is 12.1. The normalized spacial score (nSPS) is 18.5. The van der Waals surface area contributed by atoms with Crippen LogP contribution in [-0.2, 0) is 6.54 Å². The topological polar surface area (TPSA) is 73.0 Å². The molecule has 0 saturated heterocycles. The minimum absolute atomic E-state index is 0.160. The molecule has 122 valence electrons. The average Bonchev–Trinajstić information content (AvgIpc) is 2.95. The van der Waals surface area contributed by atoms with Gasteiger partial charge in [0.15, 0.2) is 0 Å². The fraction of sp³-hybridized carbons (Fsp3) is 0.588. The standard InChI is InChI=1S/C17H22N4O2/c1-11-15(10-19-23-11)17(22)18-9-13-8-16(12-6-7-12)21(20-13)14-4-2-3-5-14/h8,10,12,14H,2-7,9H2,1H3,(H,18,22). The maximum atomic E-state index is 12.1. The smallest absolute Gasteiger partial charge is 0.256 e. The van der Waals surface area contributed by atoms with Crippen molar-refractivity contribution >= 4 is 5.91 Å². The first-order valence-electron chi connectivity index (χ1n) is 8.50. The van der Waals surface area contributed by atoms with Gasteiger partial charge in [-0.2, -0.15) is 5.10 Å². The lowest BCUT2D eigenvalue weighted by Gasteiger charge is -2.13. The van der Waals surface area contributed by atoms with Gasteiger partial charge in [0.2, 0.25) is 0 Å². The predicted octanol–water partition coefficient (Wildman–Crippen LogP) is 3.10. The highest BCUT2D eigenvalue weighted by atomic mass is 16.5. The predicted molar refractivity (Wildman–Crippen MR) is 84.1 cm³/mol. The molecule has 2 aromatic heterocycles. The Bertz CT molecular complexity index is 708. The van der Waals surface area contributed by atoms with Crippen molar-refractivity contribution in [3.05, 3.63) is 35.0 Å². The lowest BCUT2D eigenvalue weighted by molar-refractivity contribution is 0.0949. The molecule has 0 bridgehead atoms. The number of nitrogens with zero attached hydrogens (tertiary/aromatic N) is 3. The molecule has 0 unspecified atom stereocenters. The third-order valence-electron chi connectivity index (χ3n) is 4.91. The zero-order valence-corrected chi connectivity index (χ0v) is 13.4. The number of rotatable bonds is 5. The highest BCUT2D eigenvalue weighted by Gasteiger charge is 2.31. The van der Waals surface area contributed by atoms with Crippen molar-refractivity contribution in [1.29, 1.82) is 0 Å². The van der Waals surface area contributed by atoms with E-state index in [2.05, 4.69) is 21.2 Å². The van der Waals surface area contributed by atoms with E-state index in [0.29, 0.717) is 29.8 Å². The third kappa shape index (κ3) is 2.90. The van der Waals surface area contributed by atoms with Crippen molar-refractivity contribution in [2.24, 2.45) is 0 Å². The van der Waals surface area contributed by atoms with E-state index in [-0.39, 0.29) is 5.91 Å². The number of nitrogens with one attached hydrogen (secondary N) is 1. The third-order valence-corrected chi connectivity index (χ3v) is 4.91.